The van der Waals surface area contributed by atoms with Crippen molar-refractivity contribution < 1.29 is 0 Å². The fraction of sp³-hybridized carbons (Fsp3) is 0.353. The fourth-order valence-electron chi connectivity index (χ4n) is 2.32. The first-order chi connectivity index (χ1) is 10.2. The van der Waals surface area contributed by atoms with E-state index in [1.54, 1.807) is 0 Å². The molecule has 0 bridgehead atoms. The van der Waals surface area contributed by atoms with Gasteiger partial charge in [0.1, 0.15) is 0 Å². The molecule has 0 unspecified atom stereocenters. The summed E-state index contributed by atoms with van der Waals surface area (Å²) in [5.41, 5.74) is 3.75. The van der Waals surface area contributed by atoms with E-state index in [4.69, 9.17) is 0 Å². The van der Waals surface area contributed by atoms with Crippen LogP contribution in [0.3, 0.4) is 0 Å². The normalized spacial score (nSPS) is 14.2. The largest absolute Gasteiger partial charge is 0.370 e. The number of nitrogens with one attached hydrogen (secondary N) is 1. The molecule has 1 fully saturated rings. The fourth-order valence-corrected chi connectivity index (χ4v) is 2.82. The monoisotopic (exact) mass is 345 g/mol. The minimum absolute atomic E-state index is 0.741. The molecule has 1 aromatic heterocycles. The van der Waals surface area contributed by atoms with Gasteiger partial charge in [-0.05, 0) is 42.2 Å². The summed E-state index contributed by atoms with van der Waals surface area (Å²) >= 11 is 3.69. The zero-order valence-electron chi connectivity index (χ0n) is 12.2. The molecule has 1 N–H and O–H groups in total. The van der Waals surface area contributed by atoms with Gasteiger partial charge in [-0.25, -0.2) is 0 Å². The predicted molar refractivity (Wildman–Crippen MR) is 90.3 cm³/mol. The van der Waals surface area contributed by atoms with E-state index >= 15 is 0 Å². The second kappa shape index (κ2) is 6.58. The summed E-state index contributed by atoms with van der Waals surface area (Å²) in [6.45, 7) is 1.80. The topological polar surface area (TPSA) is 28.2 Å². The van der Waals surface area contributed by atoms with Crippen molar-refractivity contribution in [2.24, 2.45) is 0 Å². The number of pyridine rings is 1. The molecule has 1 saturated carbocycles. The summed E-state index contributed by atoms with van der Waals surface area (Å²) < 4.78 is 1.17. The molecule has 1 aliphatic rings. The Morgan fingerprint density at radius 3 is 2.86 bits per heavy atom. The van der Waals surface area contributed by atoms with Crippen LogP contribution >= 0.6 is 15.9 Å². The summed E-state index contributed by atoms with van der Waals surface area (Å²) in [5, 5.41) is 3.55. The van der Waals surface area contributed by atoms with Crippen LogP contribution in [-0.2, 0) is 13.1 Å². The summed E-state index contributed by atoms with van der Waals surface area (Å²) in [7, 11) is 2.11. The van der Waals surface area contributed by atoms with Crippen molar-refractivity contribution >= 4 is 21.6 Å². The Balaban J connectivity index is 1.65. The lowest BCUT2D eigenvalue weighted by Gasteiger charge is -2.20. The van der Waals surface area contributed by atoms with Crippen LogP contribution in [0.1, 0.15) is 24.0 Å². The molecule has 3 nitrogen and oxygen atoms in total. The molecule has 0 radical (unpaired) electrons. The molecule has 1 aliphatic carbocycles. The number of aromatic nitrogens is 1. The Labute approximate surface area is 134 Å². The van der Waals surface area contributed by atoms with Crippen molar-refractivity contribution in [1.82, 2.24) is 10.3 Å². The zero-order chi connectivity index (χ0) is 14.7. The number of anilines is 1. The van der Waals surface area contributed by atoms with Crippen LogP contribution in [0, 0.1) is 0 Å². The lowest BCUT2D eigenvalue weighted by Crippen LogP contribution is -2.18. The van der Waals surface area contributed by atoms with E-state index in [0.29, 0.717) is 0 Å². The Bertz CT molecular complexity index is 596. The highest BCUT2D eigenvalue weighted by molar-refractivity contribution is 9.10. The van der Waals surface area contributed by atoms with Crippen LogP contribution in [-0.4, -0.2) is 18.1 Å². The van der Waals surface area contributed by atoms with Gasteiger partial charge in [0, 0.05) is 48.7 Å². The second-order valence-electron chi connectivity index (χ2n) is 5.65. The van der Waals surface area contributed by atoms with Gasteiger partial charge in [-0.2, -0.15) is 0 Å². The Morgan fingerprint density at radius 2 is 2.19 bits per heavy atom. The van der Waals surface area contributed by atoms with Crippen molar-refractivity contribution in [1.29, 1.82) is 0 Å². The Morgan fingerprint density at radius 1 is 1.33 bits per heavy atom. The van der Waals surface area contributed by atoms with Gasteiger partial charge in [-0.3, -0.25) is 4.98 Å². The second-order valence-corrected chi connectivity index (χ2v) is 6.50. The van der Waals surface area contributed by atoms with Crippen LogP contribution in [0.2, 0.25) is 0 Å². The smallest absolute Gasteiger partial charge is 0.0441 e. The number of hydrogen-bond donors (Lipinski definition) is 1. The van der Waals surface area contributed by atoms with E-state index in [-0.39, 0.29) is 0 Å². The van der Waals surface area contributed by atoms with Crippen molar-refractivity contribution in [3.05, 3.63) is 58.3 Å². The minimum atomic E-state index is 0.741. The highest BCUT2D eigenvalue weighted by Crippen LogP contribution is 2.26. The standard InChI is InChI=1S/C17H20BrN3/c1-21(12-13-3-2-8-19-10-13)16-7-4-14(17(18)9-16)11-20-15-5-6-15/h2-4,7-10,15,20H,5-6,11-12H2,1H3. The average Bonchev–Trinajstić information content (AvgIpc) is 3.31. The molecule has 110 valence electrons. The molecule has 2 aromatic rings. The van der Waals surface area contributed by atoms with E-state index in [1.165, 1.54) is 34.1 Å². The highest BCUT2D eigenvalue weighted by Gasteiger charge is 2.20. The first kappa shape index (κ1) is 14.5. The predicted octanol–water partition coefficient (Wildman–Crippen LogP) is 3.73. The summed E-state index contributed by atoms with van der Waals surface area (Å²) in [4.78, 5) is 6.40. The van der Waals surface area contributed by atoms with E-state index < -0.39 is 0 Å². The number of hydrogen-bond acceptors (Lipinski definition) is 3. The van der Waals surface area contributed by atoms with E-state index in [1.807, 2.05) is 18.5 Å². The number of nitrogens with zero attached hydrogens (tertiary/aromatic N) is 2. The average molecular weight is 346 g/mol. The van der Waals surface area contributed by atoms with Gasteiger partial charge in [0.25, 0.3) is 0 Å². The summed E-state index contributed by atoms with van der Waals surface area (Å²) in [6, 6.07) is 11.4. The van der Waals surface area contributed by atoms with E-state index in [0.717, 1.165) is 19.1 Å². The van der Waals surface area contributed by atoms with Gasteiger partial charge in [0.15, 0.2) is 0 Å². The first-order valence-electron chi connectivity index (χ1n) is 7.34. The SMILES string of the molecule is CN(Cc1cccnc1)c1ccc(CNC2CC2)c(Br)c1. The minimum Gasteiger partial charge on any atom is -0.370 e. The molecular weight excluding hydrogens is 326 g/mol. The first-order valence-corrected chi connectivity index (χ1v) is 8.13. The van der Waals surface area contributed by atoms with Gasteiger partial charge < -0.3 is 10.2 Å². The highest BCUT2D eigenvalue weighted by atomic mass is 79.9. The van der Waals surface area contributed by atoms with Crippen molar-refractivity contribution in [3.8, 4) is 0 Å². The van der Waals surface area contributed by atoms with Crippen LogP contribution in [0.15, 0.2) is 47.2 Å². The maximum atomic E-state index is 4.17. The number of rotatable bonds is 6. The molecule has 0 saturated heterocycles. The van der Waals surface area contributed by atoms with Gasteiger partial charge >= 0.3 is 0 Å². The summed E-state index contributed by atoms with van der Waals surface area (Å²) in [6.07, 6.45) is 6.37. The Hall–Kier alpha value is -1.39. The zero-order valence-corrected chi connectivity index (χ0v) is 13.8. The van der Waals surface area contributed by atoms with Gasteiger partial charge in [-0.1, -0.05) is 28.1 Å². The third kappa shape index (κ3) is 4.05. The quantitative estimate of drug-likeness (QED) is 0.864. The third-order valence-electron chi connectivity index (χ3n) is 3.78. The molecule has 0 atom stereocenters. The van der Waals surface area contributed by atoms with Crippen molar-refractivity contribution in [2.45, 2.75) is 32.0 Å². The molecular formula is C17H20BrN3. The molecule has 0 amide bonds. The molecule has 0 spiro atoms. The molecule has 3 rings (SSSR count). The molecule has 21 heavy (non-hydrogen) atoms. The Kier molecular flexibility index (Phi) is 4.56. The number of benzene rings is 1. The maximum absolute atomic E-state index is 4.17. The third-order valence-corrected chi connectivity index (χ3v) is 4.52. The van der Waals surface area contributed by atoms with Crippen LogP contribution in [0.25, 0.3) is 0 Å². The van der Waals surface area contributed by atoms with Crippen molar-refractivity contribution in [2.75, 3.05) is 11.9 Å². The van der Waals surface area contributed by atoms with Crippen LogP contribution in [0.5, 0.6) is 0 Å². The van der Waals surface area contributed by atoms with Gasteiger partial charge in [-0.15, -0.1) is 0 Å². The van der Waals surface area contributed by atoms with Crippen molar-refractivity contribution in [3.63, 3.8) is 0 Å². The van der Waals surface area contributed by atoms with Gasteiger partial charge in [0.05, 0.1) is 0 Å². The van der Waals surface area contributed by atoms with Gasteiger partial charge in [0.2, 0.25) is 0 Å². The van der Waals surface area contributed by atoms with E-state index in [2.05, 4.69) is 62.4 Å². The lowest BCUT2D eigenvalue weighted by molar-refractivity contribution is 0.686. The van der Waals surface area contributed by atoms with E-state index in [9.17, 15) is 0 Å². The molecule has 4 heteroatoms. The number of halogens is 1. The van der Waals surface area contributed by atoms with Crippen LogP contribution < -0.4 is 10.2 Å². The summed E-state index contributed by atoms with van der Waals surface area (Å²) in [5.74, 6) is 0. The molecule has 1 heterocycles. The maximum Gasteiger partial charge on any atom is 0.0441 e. The molecule has 1 aromatic carbocycles. The lowest BCUT2D eigenvalue weighted by atomic mass is 10.2. The molecule has 0 aliphatic heterocycles. The van der Waals surface area contributed by atoms with Crippen LogP contribution in [0.4, 0.5) is 5.69 Å².